The number of ether oxygens (including phenoxy) is 1. The van der Waals surface area contributed by atoms with Gasteiger partial charge in [-0.3, -0.25) is 14.0 Å². The number of carbonyl (C=O) groups is 2. The number of nitrogens with zero attached hydrogens (tertiary/aromatic N) is 4. The van der Waals surface area contributed by atoms with Gasteiger partial charge < -0.3 is 9.30 Å². The number of rotatable bonds is 3. The third-order valence-electron chi connectivity index (χ3n) is 3.94. The third kappa shape index (κ3) is 2.90. The number of hydrogen-bond donors (Lipinski definition) is 0. The van der Waals surface area contributed by atoms with E-state index in [1.54, 1.807) is 45.3 Å². The van der Waals surface area contributed by atoms with Crippen LogP contribution in [0.4, 0.5) is 0 Å². The standard InChI is InChI=1S/C18H18N4O4/c1-4-14(23)20-16-12(18(25)26-5-2)10-11-15(21(16)3)19-13-8-6-7-9-22(13)17(11)24/h6-10H,4-5H2,1-3H3. The lowest BCUT2D eigenvalue weighted by atomic mass is 10.2. The minimum absolute atomic E-state index is 0.0541. The fourth-order valence-electron chi connectivity index (χ4n) is 2.65. The number of esters is 1. The van der Waals surface area contributed by atoms with Gasteiger partial charge in [-0.15, -0.1) is 0 Å². The lowest BCUT2D eigenvalue weighted by Crippen LogP contribution is -2.31. The zero-order chi connectivity index (χ0) is 18.8. The first kappa shape index (κ1) is 17.5. The summed E-state index contributed by atoms with van der Waals surface area (Å²) >= 11 is 0. The lowest BCUT2D eigenvalue weighted by Gasteiger charge is -2.11. The second-order valence-corrected chi connectivity index (χ2v) is 5.60. The van der Waals surface area contributed by atoms with Gasteiger partial charge in [-0.05, 0) is 25.1 Å². The molecule has 0 N–H and O–H groups in total. The van der Waals surface area contributed by atoms with E-state index in [-0.39, 0.29) is 40.9 Å². The third-order valence-corrected chi connectivity index (χ3v) is 3.94. The van der Waals surface area contributed by atoms with E-state index in [9.17, 15) is 14.4 Å². The average molecular weight is 354 g/mol. The molecule has 0 aliphatic rings. The fourth-order valence-corrected chi connectivity index (χ4v) is 2.65. The highest BCUT2D eigenvalue weighted by Crippen LogP contribution is 2.10. The molecule has 3 heterocycles. The SMILES string of the molecule is CCOC(=O)c1cc2c(=O)n3ccccc3nc2n(C)c1=NC(=O)CC. The van der Waals surface area contributed by atoms with Crippen LogP contribution in [-0.4, -0.2) is 32.4 Å². The van der Waals surface area contributed by atoms with Crippen molar-refractivity contribution in [2.24, 2.45) is 12.0 Å². The van der Waals surface area contributed by atoms with Crippen molar-refractivity contribution in [1.82, 2.24) is 14.0 Å². The Labute approximate surface area is 148 Å². The molecule has 0 saturated heterocycles. The summed E-state index contributed by atoms with van der Waals surface area (Å²) in [6, 6.07) is 6.59. The van der Waals surface area contributed by atoms with Crippen LogP contribution in [0.2, 0.25) is 0 Å². The number of pyridine rings is 2. The van der Waals surface area contributed by atoms with E-state index in [1.807, 2.05) is 0 Å². The van der Waals surface area contributed by atoms with Crippen LogP contribution < -0.4 is 11.0 Å². The van der Waals surface area contributed by atoms with Gasteiger partial charge in [-0.25, -0.2) is 9.78 Å². The van der Waals surface area contributed by atoms with Crippen molar-refractivity contribution < 1.29 is 14.3 Å². The van der Waals surface area contributed by atoms with Crippen molar-refractivity contribution in [3.63, 3.8) is 0 Å². The van der Waals surface area contributed by atoms with Gasteiger partial charge in [-0.2, -0.15) is 4.99 Å². The Kier molecular flexibility index (Phi) is 4.66. The first-order chi connectivity index (χ1) is 12.5. The molecule has 3 rings (SSSR count). The van der Waals surface area contributed by atoms with Crippen LogP contribution >= 0.6 is 0 Å². The first-order valence-corrected chi connectivity index (χ1v) is 8.23. The van der Waals surface area contributed by atoms with E-state index in [4.69, 9.17) is 4.74 Å². The Hall–Kier alpha value is -3.29. The highest BCUT2D eigenvalue weighted by molar-refractivity contribution is 5.93. The summed E-state index contributed by atoms with van der Waals surface area (Å²) in [7, 11) is 1.61. The molecule has 1 amide bonds. The largest absolute Gasteiger partial charge is 0.462 e. The van der Waals surface area contributed by atoms with Crippen LogP contribution in [0.15, 0.2) is 40.2 Å². The topological polar surface area (TPSA) is 95.0 Å². The van der Waals surface area contributed by atoms with Crippen molar-refractivity contribution in [1.29, 1.82) is 0 Å². The van der Waals surface area contributed by atoms with Gasteiger partial charge in [0, 0.05) is 19.7 Å². The van der Waals surface area contributed by atoms with Gasteiger partial charge in [0.15, 0.2) is 5.49 Å². The zero-order valence-corrected chi connectivity index (χ0v) is 14.7. The second-order valence-electron chi connectivity index (χ2n) is 5.60. The van der Waals surface area contributed by atoms with Crippen molar-refractivity contribution in [3.05, 3.63) is 51.9 Å². The van der Waals surface area contributed by atoms with Crippen molar-refractivity contribution in [3.8, 4) is 0 Å². The highest BCUT2D eigenvalue weighted by atomic mass is 16.5. The Balaban J connectivity index is 2.49. The highest BCUT2D eigenvalue weighted by Gasteiger charge is 2.18. The van der Waals surface area contributed by atoms with Crippen LogP contribution in [0.25, 0.3) is 16.7 Å². The van der Waals surface area contributed by atoms with E-state index in [2.05, 4.69) is 9.98 Å². The van der Waals surface area contributed by atoms with Crippen LogP contribution in [0.3, 0.4) is 0 Å². The molecule has 8 nitrogen and oxygen atoms in total. The smallest absolute Gasteiger partial charge is 0.341 e. The van der Waals surface area contributed by atoms with Crippen molar-refractivity contribution >= 4 is 28.6 Å². The van der Waals surface area contributed by atoms with E-state index >= 15 is 0 Å². The molecule has 0 fully saturated rings. The Morgan fingerprint density at radius 3 is 2.73 bits per heavy atom. The van der Waals surface area contributed by atoms with Crippen LogP contribution in [-0.2, 0) is 16.6 Å². The van der Waals surface area contributed by atoms with Gasteiger partial charge in [0.25, 0.3) is 5.56 Å². The maximum atomic E-state index is 12.8. The Morgan fingerprint density at radius 1 is 1.27 bits per heavy atom. The van der Waals surface area contributed by atoms with Gasteiger partial charge >= 0.3 is 5.97 Å². The molecular formula is C18H18N4O4. The number of amides is 1. The Morgan fingerprint density at radius 2 is 2.04 bits per heavy atom. The molecule has 0 aromatic carbocycles. The number of aromatic nitrogens is 3. The van der Waals surface area contributed by atoms with Gasteiger partial charge in [0.2, 0.25) is 5.91 Å². The fraction of sp³-hybridized carbons (Fsp3) is 0.278. The minimum Gasteiger partial charge on any atom is -0.462 e. The monoisotopic (exact) mass is 354 g/mol. The van der Waals surface area contributed by atoms with E-state index in [0.29, 0.717) is 11.3 Å². The number of fused-ring (bicyclic) bond motifs is 2. The quantitative estimate of drug-likeness (QED) is 0.520. The van der Waals surface area contributed by atoms with Gasteiger partial charge in [0.1, 0.15) is 16.9 Å². The molecular weight excluding hydrogens is 336 g/mol. The minimum atomic E-state index is -0.648. The van der Waals surface area contributed by atoms with Crippen molar-refractivity contribution in [2.45, 2.75) is 20.3 Å². The van der Waals surface area contributed by atoms with Gasteiger partial charge in [-0.1, -0.05) is 13.0 Å². The number of hydrogen-bond acceptors (Lipinski definition) is 5. The summed E-state index contributed by atoms with van der Waals surface area (Å²) in [5.74, 6) is -1.03. The summed E-state index contributed by atoms with van der Waals surface area (Å²) in [4.78, 5) is 45.6. The maximum Gasteiger partial charge on any atom is 0.341 e. The molecule has 0 spiro atoms. The van der Waals surface area contributed by atoms with Gasteiger partial charge in [0.05, 0.1) is 12.0 Å². The van der Waals surface area contributed by atoms with Crippen LogP contribution in [0.5, 0.6) is 0 Å². The second kappa shape index (κ2) is 6.91. The molecule has 0 bridgehead atoms. The molecule has 3 aromatic rings. The summed E-state index contributed by atoms with van der Waals surface area (Å²) < 4.78 is 7.93. The lowest BCUT2D eigenvalue weighted by molar-refractivity contribution is -0.117. The zero-order valence-electron chi connectivity index (χ0n) is 14.7. The molecule has 0 aliphatic heterocycles. The molecule has 0 saturated carbocycles. The predicted octanol–water partition coefficient (Wildman–Crippen LogP) is 1.20. The molecule has 0 atom stereocenters. The number of carbonyl (C=O) groups excluding carboxylic acids is 2. The maximum absolute atomic E-state index is 12.8. The van der Waals surface area contributed by atoms with E-state index < -0.39 is 5.97 Å². The summed E-state index contributed by atoms with van der Waals surface area (Å²) in [6.07, 6.45) is 1.79. The van der Waals surface area contributed by atoms with Crippen LogP contribution in [0.1, 0.15) is 30.6 Å². The van der Waals surface area contributed by atoms with E-state index in [1.165, 1.54) is 15.0 Å². The molecule has 0 aliphatic carbocycles. The normalized spacial score (nSPS) is 11.9. The molecule has 3 aromatic heterocycles. The molecule has 8 heteroatoms. The summed E-state index contributed by atoms with van der Waals surface area (Å²) in [6.45, 7) is 3.52. The van der Waals surface area contributed by atoms with Crippen molar-refractivity contribution in [2.75, 3.05) is 6.61 Å². The summed E-state index contributed by atoms with van der Waals surface area (Å²) in [5.41, 5.74) is 0.641. The summed E-state index contributed by atoms with van der Waals surface area (Å²) in [5, 5.41) is 0.238. The van der Waals surface area contributed by atoms with E-state index in [0.717, 1.165) is 0 Å². The molecule has 134 valence electrons. The molecule has 26 heavy (non-hydrogen) atoms. The average Bonchev–Trinajstić information content (AvgIpc) is 2.64. The van der Waals surface area contributed by atoms with Crippen LogP contribution in [0, 0.1) is 0 Å². The molecule has 0 unspecified atom stereocenters. The Bertz CT molecular complexity index is 1160. The molecule has 0 radical (unpaired) electrons. The number of aryl methyl sites for hydroxylation is 1. The predicted molar refractivity (Wildman–Crippen MR) is 94.8 cm³/mol. The first-order valence-electron chi connectivity index (χ1n) is 8.23.